The predicted molar refractivity (Wildman–Crippen MR) is 135 cm³/mol. The minimum absolute atomic E-state index is 0.144. The third-order valence-electron chi connectivity index (χ3n) is 6.04. The number of carbonyl (C=O) groups is 2. The number of amides is 1. The fourth-order valence-electron chi connectivity index (χ4n) is 4.22. The third-order valence-corrected chi connectivity index (χ3v) is 6.04. The average Bonchev–Trinajstić information content (AvgIpc) is 3.19. The quantitative estimate of drug-likeness (QED) is 0.384. The highest BCUT2D eigenvalue weighted by Gasteiger charge is 2.33. The Hall–Kier alpha value is -3.77. The summed E-state index contributed by atoms with van der Waals surface area (Å²) in [6.45, 7) is 3.70. The lowest BCUT2D eigenvalue weighted by Gasteiger charge is -2.17. The van der Waals surface area contributed by atoms with E-state index in [1.165, 1.54) is 18.2 Å². The number of hydrogen-bond donors (Lipinski definition) is 1. The van der Waals surface area contributed by atoms with E-state index in [2.05, 4.69) is 53.7 Å². The number of esters is 1. The van der Waals surface area contributed by atoms with Gasteiger partial charge in [0.15, 0.2) is 0 Å². The zero-order chi connectivity index (χ0) is 24.1. The van der Waals surface area contributed by atoms with E-state index >= 15 is 0 Å². The number of fused-ring (bicyclic) bond motifs is 1. The van der Waals surface area contributed by atoms with Crippen molar-refractivity contribution in [3.63, 3.8) is 0 Å². The monoisotopic (exact) mass is 455 g/mol. The van der Waals surface area contributed by atoms with Gasteiger partial charge in [-0.3, -0.25) is 9.79 Å². The average molecular weight is 456 g/mol. The molecule has 0 spiro atoms. The molecule has 6 heteroatoms. The summed E-state index contributed by atoms with van der Waals surface area (Å²) in [4.78, 5) is 31.4. The third kappa shape index (κ3) is 5.41. The van der Waals surface area contributed by atoms with Crippen LogP contribution in [0.1, 0.15) is 39.9 Å². The molecule has 0 aromatic heterocycles. The molecular formula is C28H29N3O3. The van der Waals surface area contributed by atoms with Crippen LogP contribution in [0.2, 0.25) is 0 Å². The Morgan fingerprint density at radius 1 is 1.03 bits per heavy atom. The second-order valence-corrected chi connectivity index (χ2v) is 8.61. The lowest BCUT2D eigenvalue weighted by Crippen LogP contribution is -2.20. The molecule has 4 rings (SSSR count). The lowest BCUT2D eigenvalue weighted by atomic mass is 9.95. The van der Waals surface area contributed by atoms with Crippen molar-refractivity contribution in [2.24, 2.45) is 4.99 Å². The summed E-state index contributed by atoms with van der Waals surface area (Å²) in [5, 5.41) is 2.85. The highest BCUT2D eigenvalue weighted by molar-refractivity contribution is 6.18. The van der Waals surface area contributed by atoms with Crippen LogP contribution in [0.25, 0.3) is 0 Å². The molecule has 1 aliphatic heterocycles. The van der Waals surface area contributed by atoms with Gasteiger partial charge in [-0.1, -0.05) is 48.5 Å². The number of ether oxygens (including phenoxy) is 1. The molecule has 174 valence electrons. The van der Waals surface area contributed by atoms with E-state index in [0.29, 0.717) is 17.0 Å². The smallest absolute Gasteiger partial charge is 0.337 e. The Morgan fingerprint density at radius 3 is 2.47 bits per heavy atom. The molecule has 1 N–H and O–H groups in total. The van der Waals surface area contributed by atoms with Gasteiger partial charge >= 0.3 is 5.97 Å². The molecule has 1 unspecified atom stereocenters. The predicted octanol–water partition coefficient (Wildman–Crippen LogP) is 4.98. The molecule has 0 aliphatic carbocycles. The van der Waals surface area contributed by atoms with Crippen LogP contribution < -0.4 is 5.32 Å². The van der Waals surface area contributed by atoms with Crippen molar-refractivity contribution in [3.8, 4) is 0 Å². The van der Waals surface area contributed by atoms with E-state index in [-0.39, 0.29) is 5.91 Å². The van der Waals surface area contributed by atoms with E-state index in [0.717, 1.165) is 30.8 Å². The minimum atomic E-state index is -0.481. The van der Waals surface area contributed by atoms with Gasteiger partial charge in [-0.2, -0.15) is 0 Å². The maximum atomic E-state index is 12.6. The summed E-state index contributed by atoms with van der Waals surface area (Å²) in [6, 6.07) is 23.7. The number of nitrogens with zero attached hydrogens (tertiary/aromatic N) is 2. The van der Waals surface area contributed by atoms with Crippen LogP contribution in [0.4, 0.5) is 11.4 Å². The van der Waals surface area contributed by atoms with Gasteiger partial charge in [0.1, 0.15) is 5.92 Å². The number of nitrogens with one attached hydrogen (secondary N) is 1. The Morgan fingerprint density at radius 2 is 1.76 bits per heavy atom. The molecule has 3 aromatic rings. The first-order valence-electron chi connectivity index (χ1n) is 11.3. The highest BCUT2D eigenvalue weighted by atomic mass is 16.5. The Bertz CT molecular complexity index is 1200. The SMILES string of the molecule is COC(=O)c1ccc2c(c1)NC(=O)C2C(C)=Nc1ccc(CN(C)CCc2ccccc2)cc1. The number of carbonyl (C=O) groups excluding carboxylic acids is 2. The summed E-state index contributed by atoms with van der Waals surface area (Å²) in [5.41, 5.74) is 5.91. The molecule has 3 aromatic carbocycles. The molecular weight excluding hydrogens is 426 g/mol. The molecule has 6 nitrogen and oxygen atoms in total. The first-order chi connectivity index (χ1) is 16.4. The first-order valence-corrected chi connectivity index (χ1v) is 11.3. The maximum absolute atomic E-state index is 12.6. The van der Waals surface area contributed by atoms with Crippen LogP contribution in [0.5, 0.6) is 0 Å². The van der Waals surface area contributed by atoms with Gasteiger partial charge in [0.2, 0.25) is 5.91 Å². The molecule has 1 aliphatic rings. The zero-order valence-corrected chi connectivity index (χ0v) is 19.7. The molecule has 0 bridgehead atoms. The van der Waals surface area contributed by atoms with Crippen molar-refractivity contribution in [2.75, 3.05) is 26.0 Å². The second kappa shape index (κ2) is 10.4. The van der Waals surface area contributed by atoms with E-state index in [4.69, 9.17) is 9.73 Å². The minimum Gasteiger partial charge on any atom is -0.465 e. The largest absolute Gasteiger partial charge is 0.465 e. The summed E-state index contributed by atoms with van der Waals surface area (Å²) < 4.78 is 4.77. The Balaban J connectivity index is 1.40. The summed E-state index contributed by atoms with van der Waals surface area (Å²) in [6.07, 6.45) is 1.02. The summed E-state index contributed by atoms with van der Waals surface area (Å²) in [5.74, 6) is -1.06. The van der Waals surface area contributed by atoms with Gasteiger partial charge < -0.3 is 15.0 Å². The van der Waals surface area contributed by atoms with Crippen molar-refractivity contribution in [3.05, 3.63) is 95.1 Å². The normalized spacial score (nSPS) is 15.2. The van der Waals surface area contributed by atoms with Gasteiger partial charge in [0, 0.05) is 24.5 Å². The van der Waals surface area contributed by atoms with Gasteiger partial charge in [0.25, 0.3) is 0 Å². The number of rotatable bonds is 8. The molecule has 0 radical (unpaired) electrons. The van der Waals surface area contributed by atoms with Crippen molar-refractivity contribution >= 4 is 29.0 Å². The van der Waals surface area contributed by atoms with Gasteiger partial charge in [-0.05, 0) is 61.3 Å². The second-order valence-electron chi connectivity index (χ2n) is 8.61. The van der Waals surface area contributed by atoms with E-state index in [9.17, 15) is 9.59 Å². The van der Waals surface area contributed by atoms with Crippen molar-refractivity contribution in [1.82, 2.24) is 4.90 Å². The van der Waals surface area contributed by atoms with Crippen molar-refractivity contribution in [1.29, 1.82) is 0 Å². The van der Waals surface area contributed by atoms with Crippen LogP contribution in [0.3, 0.4) is 0 Å². The summed E-state index contributed by atoms with van der Waals surface area (Å²) >= 11 is 0. The van der Waals surface area contributed by atoms with Gasteiger partial charge in [-0.25, -0.2) is 4.79 Å². The van der Waals surface area contributed by atoms with Crippen LogP contribution in [-0.4, -0.2) is 43.2 Å². The number of anilines is 1. The number of hydrogen-bond acceptors (Lipinski definition) is 5. The standard InChI is InChI=1S/C28H29N3O3/c1-19(26-24-14-11-22(28(33)34-3)17-25(24)30-27(26)32)29-23-12-9-21(10-13-23)18-31(2)16-15-20-7-5-4-6-8-20/h4-14,17,26H,15-16,18H2,1-3H3,(H,30,32). The van der Waals surface area contributed by atoms with Gasteiger partial charge in [0.05, 0.1) is 18.4 Å². The van der Waals surface area contributed by atoms with Gasteiger partial charge in [-0.15, -0.1) is 0 Å². The molecule has 34 heavy (non-hydrogen) atoms. The number of aliphatic imine (C=N–C) groups is 1. The topological polar surface area (TPSA) is 71.0 Å². The highest BCUT2D eigenvalue weighted by Crippen LogP contribution is 2.35. The van der Waals surface area contributed by atoms with Crippen molar-refractivity contribution in [2.45, 2.75) is 25.8 Å². The van der Waals surface area contributed by atoms with Crippen LogP contribution in [0.15, 0.2) is 77.8 Å². The molecule has 0 saturated heterocycles. The number of methoxy groups -OCH3 is 1. The van der Waals surface area contributed by atoms with Crippen LogP contribution >= 0.6 is 0 Å². The Labute approximate surface area is 200 Å². The van der Waals surface area contributed by atoms with Crippen LogP contribution in [0, 0.1) is 0 Å². The first kappa shape index (κ1) is 23.4. The van der Waals surface area contributed by atoms with E-state index < -0.39 is 11.9 Å². The molecule has 1 atom stereocenters. The fourth-order valence-corrected chi connectivity index (χ4v) is 4.22. The van der Waals surface area contributed by atoms with Crippen LogP contribution in [-0.2, 0) is 22.5 Å². The maximum Gasteiger partial charge on any atom is 0.337 e. The molecule has 1 amide bonds. The molecule has 1 heterocycles. The van der Waals surface area contributed by atoms with E-state index in [1.807, 2.05) is 25.1 Å². The zero-order valence-electron chi connectivity index (χ0n) is 19.7. The lowest BCUT2D eigenvalue weighted by molar-refractivity contribution is -0.115. The number of likely N-dealkylation sites (N-methyl/N-ethyl adjacent to an activating group) is 1. The fraction of sp³-hybridized carbons (Fsp3) is 0.250. The number of benzene rings is 3. The van der Waals surface area contributed by atoms with E-state index in [1.54, 1.807) is 18.2 Å². The molecule has 0 saturated carbocycles. The van der Waals surface area contributed by atoms with Crippen molar-refractivity contribution < 1.29 is 14.3 Å². The summed E-state index contributed by atoms with van der Waals surface area (Å²) in [7, 11) is 3.46. The molecule has 0 fully saturated rings. The Kier molecular flexibility index (Phi) is 7.18.